The molecular formula is C57H88N2O15. The summed E-state index contributed by atoms with van der Waals surface area (Å²) in [5, 5.41) is 23.5. The molecule has 0 aromatic rings. The van der Waals surface area contributed by atoms with Crippen molar-refractivity contribution in [1.82, 2.24) is 9.80 Å². The fourth-order valence-corrected chi connectivity index (χ4v) is 10.9. The van der Waals surface area contributed by atoms with Crippen LogP contribution in [-0.4, -0.2) is 158 Å². The molecule has 0 radical (unpaired) electrons. The van der Waals surface area contributed by atoms with Crippen LogP contribution in [0.5, 0.6) is 0 Å². The van der Waals surface area contributed by atoms with Gasteiger partial charge in [0.1, 0.15) is 36.2 Å². The molecule has 17 heteroatoms. The number of rotatable bonds is 10. The number of piperidine rings is 1. The Morgan fingerprint density at radius 3 is 2.23 bits per heavy atom. The van der Waals surface area contributed by atoms with Crippen LogP contribution in [0.1, 0.15) is 138 Å². The number of methoxy groups -OCH3 is 3. The molecule has 4 rings (SSSR count). The first kappa shape index (κ1) is 62.2. The minimum Gasteiger partial charge on any atom is -0.460 e. The van der Waals surface area contributed by atoms with E-state index >= 15 is 0 Å². The van der Waals surface area contributed by atoms with Gasteiger partial charge in [-0.1, -0.05) is 71.1 Å². The smallest absolute Gasteiger partial charge is 0.329 e. The van der Waals surface area contributed by atoms with Crippen LogP contribution >= 0.6 is 0 Å². The second kappa shape index (κ2) is 29.2. The van der Waals surface area contributed by atoms with Gasteiger partial charge in [-0.3, -0.25) is 28.8 Å². The highest BCUT2D eigenvalue weighted by Crippen LogP contribution is 2.38. The maximum absolute atomic E-state index is 14.6. The summed E-state index contributed by atoms with van der Waals surface area (Å²) in [4.78, 5) is 98.8. The average Bonchev–Trinajstić information content (AvgIpc) is 3.37. The molecule has 74 heavy (non-hydrogen) atoms. The Hall–Kier alpha value is -4.39. The van der Waals surface area contributed by atoms with Crippen molar-refractivity contribution in [3.63, 3.8) is 0 Å². The number of aliphatic hydroxyl groups excluding tert-OH is 1. The number of amides is 2. The van der Waals surface area contributed by atoms with Gasteiger partial charge in [-0.2, -0.15) is 0 Å². The first-order chi connectivity index (χ1) is 34.9. The minimum atomic E-state index is -2.46. The number of esters is 2. The molecule has 3 fully saturated rings. The molecule has 0 spiro atoms. The third kappa shape index (κ3) is 17.1. The van der Waals surface area contributed by atoms with Crippen molar-refractivity contribution in [2.75, 3.05) is 42.0 Å². The molecular weight excluding hydrogens is 953 g/mol. The van der Waals surface area contributed by atoms with Gasteiger partial charge in [0.15, 0.2) is 5.78 Å². The summed E-state index contributed by atoms with van der Waals surface area (Å²) in [5.74, 6) is -9.13. The quantitative estimate of drug-likeness (QED) is 0.134. The lowest BCUT2D eigenvalue weighted by Gasteiger charge is -2.42. The Balaban J connectivity index is 1.67. The highest BCUT2D eigenvalue weighted by molar-refractivity contribution is 6.39. The molecule has 416 valence electrons. The molecule has 1 saturated carbocycles. The van der Waals surface area contributed by atoms with Gasteiger partial charge in [-0.05, 0) is 107 Å². The number of hydrogen-bond acceptors (Lipinski definition) is 15. The summed E-state index contributed by atoms with van der Waals surface area (Å²) in [6, 6.07) is -1.19. The Kier molecular flexibility index (Phi) is 24.5. The molecule has 2 N–H and O–H groups in total. The van der Waals surface area contributed by atoms with Crippen LogP contribution in [0.25, 0.3) is 0 Å². The van der Waals surface area contributed by atoms with Gasteiger partial charge in [0.25, 0.3) is 11.7 Å². The Labute approximate surface area is 439 Å². The van der Waals surface area contributed by atoms with Gasteiger partial charge in [-0.25, -0.2) is 4.79 Å². The third-order valence-corrected chi connectivity index (χ3v) is 15.8. The number of allylic oxidation sites excluding steroid dienone is 6. The van der Waals surface area contributed by atoms with Crippen LogP contribution in [0.4, 0.5) is 0 Å². The molecule has 2 bridgehead atoms. The highest BCUT2D eigenvalue weighted by Gasteiger charge is 2.53. The molecule has 0 aromatic carbocycles. The zero-order chi connectivity index (χ0) is 55.0. The molecule has 2 saturated heterocycles. The fourth-order valence-electron chi connectivity index (χ4n) is 10.9. The van der Waals surface area contributed by atoms with E-state index in [1.807, 2.05) is 51.2 Å². The molecule has 4 aliphatic rings. The second-order valence-corrected chi connectivity index (χ2v) is 21.8. The van der Waals surface area contributed by atoms with Crippen molar-refractivity contribution >= 4 is 41.1 Å². The number of carbonyl (C=O) groups is 7. The van der Waals surface area contributed by atoms with E-state index in [9.17, 15) is 43.8 Å². The van der Waals surface area contributed by atoms with E-state index in [2.05, 4.69) is 0 Å². The predicted octanol–water partition coefficient (Wildman–Crippen LogP) is 6.60. The molecule has 1 aliphatic carbocycles. The monoisotopic (exact) mass is 1040 g/mol. The van der Waals surface area contributed by atoms with Crippen LogP contribution in [-0.2, 0) is 62.0 Å². The second-order valence-electron chi connectivity index (χ2n) is 21.8. The number of hydrogen-bond donors (Lipinski definition) is 2. The van der Waals surface area contributed by atoms with E-state index in [0.29, 0.717) is 69.8 Å². The van der Waals surface area contributed by atoms with Gasteiger partial charge < -0.3 is 48.4 Å². The minimum absolute atomic E-state index is 0.00193. The third-order valence-electron chi connectivity index (χ3n) is 15.8. The maximum Gasteiger partial charge on any atom is 0.329 e. The highest BCUT2D eigenvalue weighted by atomic mass is 16.6. The molecule has 0 unspecified atom stereocenters. The molecule has 3 heterocycles. The average molecular weight is 1040 g/mol. The van der Waals surface area contributed by atoms with Crippen molar-refractivity contribution in [2.24, 2.45) is 35.5 Å². The van der Waals surface area contributed by atoms with E-state index < -0.39 is 102 Å². The van der Waals surface area contributed by atoms with Crippen molar-refractivity contribution < 1.29 is 72.2 Å². The van der Waals surface area contributed by atoms with E-state index in [-0.39, 0.29) is 61.5 Å². The Morgan fingerprint density at radius 1 is 0.851 bits per heavy atom. The number of aliphatic hydroxyl groups is 2. The summed E-state index contributed by atoms with van der Waals surface area (Å²) in [5.41, 5.74) is 1.23. The Bertz CT molecular complexity index is 2060. The maximum atomic E-state index is 14.6. The van der Waals surface area contributed by atoms with Gasteiger partial charge >= 0.3 is 11.9 Å². The predicted molar refractivity (Wildman–Crippen MR) is 277 cm³/mol. The summed E-state index contributed by atoms with van der Waals surface area (Å²) in [6.07, 6.45) is 10.3. The van der Waals surface area contributed by atoms with Crippen LogP contribution in [0.15, 0.2) is 47.6 Å². The zero-order valence-corrected chi connectivity index (χ0v) is 46.2. The standard InChI is InChI=1S/C57H88N2O15/c1-34-18-14-13-15-19-35(2)46(69-10)32-42-23-21-40(7)57(68,74-42)54(65)55(66)59-27-17-16-20-43(59)56(67)73-47(33-44(60)36(3)29-39(6)52(64)53(71-12)51(63)38(5)28-34)37(4)30-41-22-24-45(48(31-41)70-11)72-50(62)26-25-49(61)58(8)9/h13-15,18-19,29,34,36-38,40-43,45-48,52-53,64,68H,16-17,20-28,30-33H2,1-12H3/b15-13+,18-14+,35-19+,39-29+/t34-,36-,37-,38-,40-,41+,42+,43+,45-,46+,47+,48-,52-,53+,57-/m1/s1. The first-order valence-corrected chi connectivity index (χ1v) is 26.8. The van der Waals surface area contributed by atoms with Crippen LogP contribution < -0.4 is 0 Å². The fraction of sp³-hybridized carbons (Fsp3) is 0.737. The first-order valence-electron chi connectivity index (χ1n) is 26.8. The summed E-state index contributed by atoms with van der Waals surface area (Å²) in [7, 11) is 7.72. The van der Waals surface area contributed by atoms with Crippen LogP contribution in [0, 0.1) is 35.5 Å². The number of ketones is 3. The number of ether oxygens (including phenoxy) is 6. The molecule has 3 aliphatic heterocycles. The van der Waals surface area contributed by atoms with Gasteiger partial charge in [0.05, 0.1) is 24.7 Å². The number of nitrogens with zero attached hydrogens (tertiary/aromatic N) is 2. The molecule has 2 amide bonds. The van der Waals surface area contributed by atoms with Gasteiger partial charge in [0.2, 0.25) is 11.7 Å². The molecule has 0 aromatic heterocycles. The lowest BCUT2D eigenvalue weighted by Crippen LogP contribution is -2.61. The van der Waals surface area contributed by atoms with Crippen molar-refractivity contribution in [3.8, 4) is 0 Å². The largest absolute Gasteiger partial charge is 0.460 e. The lowest BCUT2D eigenvalue weighted by molar-refractivity contribution is -0.265. The van der Waals surface area contributed by atoms with E-state index in [1.54, 1.807) is 62.1 Å². The van der Waals surface area contributed by atoms with Crippen molar-refractivity contribution in [1.29, 1.82) is 0 Å². The Morgan fingerprint density at radius 2 is 1.57 bits per heavy atom. The van der Waals surface area contributed by atoms with E-state index in [4.69, 9.17) is 28.4 Å². The summed E-state index contributed by atoms with van der Waals surface area (Å²) in [6.45, 7) is 12.6. The lowest BCUT2D eigenvalue weighted by atomic mass is 9.78. The van der Waals surface area contributed by atoms with E-state index in [1.165, 1.54) is 16.9 Å². The number of cyclic esters (lactones) is 1. The zero-order valence-electron chi connectivity index (χ0n) is 46.2. The van der Waals surface area contributed by atoms with Crippen molar-refractivity contribution in [3.05, 3.63) is 47.6 Å². The number of fused-ring (bicyclic) bond motifs is 3. The van der Waals surface area contributed by atoms with Crippen LogP contribution in [0.3, 0.4) is 0 Å². The van der Waals surface area contributed by atoms with E-state index in [0.717, 1.165) is 5.57 Å². The summed E-state index contributed by atoms with van der Waals surface area (Å²) >= 11 is 0. The van der Waals surface area contributed by atoms with Gasteiger partial charge in [0, 0.05) is 79.0 Å². The number of carbonyl (C=O) groups excluding carboxylic acids is 7. The van der Waals surface area contributed by atoms with Gasteiger partial charge in [-0.15, -0.1) is 0 Å². The SMILES string of the molecule is CO[C@H]1C[C@@H]2CC[C@@H](C)[C@@](O)(O2)C(=O)C(=O)N2CCCC[C@H]2C(=O)O[C@H]([C@H](C)C[C@@H]2CC[C@@H](OC(=O)CCC(=O)N(C)C)[C@H](OC)C2)CC(=O)[C@H](C)/C=C(\C)[C@@H](O)[C@@H](OC)C(=O)[C@H](C)C[C@H](C)/C=C/C=C/C=C/1C. The topological polar surface area (TPSA) is 222 Å². The van der Waals surface area contributed by atoms with Crippen molar-refractivity contribution in [2.45, 2.75) is 193 Å². The summed E-state index contributed by atoms with van der Waals surface area (Å²) < 4.78 is 35.5. The molecule has 17 nitrogen and oxygen atoms in total. The van der Waals surface area contributed by atoms with Crippen LogP contribution in [0.2, 0.25) is 0 Å². The number of Topliss-reactive ketones (excluding diaryl/α,β-unsaturated/α-hetero) is 3. The molecule has 15 atom stereocenters. The normalized spacial score (nSPS) is 36.8.